The highest BCUT2D eigenvalue weighted by atomic mass is 32.1. The predicted octanol–water partition coefficient (Wildman–Crippen LogP) is 4.42. The topological polar surface area (TPSA) is 68.0 Å². The largest absolute Gasteiger partial charge is 0.330 e. The van der Waals surface area contributed by atoms with E-state index in [9.17, 15) is 9.18 Å². The second-order valence-corrected chi connectivity index (χ2v) is 7.73. The Balaban J connectivity index is 1.67. The van der Waals surface area contributed by atoms with Gasteiger partial charge >= 0.3 is 0 Å². The smallest absolute Gasteiger partial charge is 0.227 e. The summed E-state index contributed by atoms with van der Waals surface area (Å²) in [5.41, 5.74) is 7.88. The van der Waals surface area contributed by atoms with Crippen LogP contribution in [0.3, 0.4) is 0 Å². The fraction of sp³-hybridized carbons (Fsp3) is 0.300. The van der Waals surface area contributed by atoms with Crippen LogP contribution >= 0.6 is 11.3 Å². The molecule has 0 radical (unpaired) electrons. The van der Waals surface area contributed by atoms with Gasteiger partial charge in [0.2, 0.25) is 5.91 Å². The zero-order chi connectivity index (χ0) is 18.1. The number of anilines is 1. The molecule has 0 unspecified atom stereocenters. The molecule has 26 heavy (non-hydrogen) atoms. The Kier molecular flexibility index (Phi) is 4.70. The molecule has 134 valence electrons. The summed E-state index contributed by atoms with van der Waals surface area (Å²) < 4.78 is 14.9. The maximum absolute atomic E-state index is 13.9. The van der Waals surface area contributed by atoms with E-state index in [-0.39, 0.29) is 23.6 Å². The van der Waals surface area contributed by atoms with E-state index in [4.69, 9.17) is 5.73 Å². The predicted molar refractivity (Wildman–Crippen MR) is 104 cm³/mol. The number of nitrogens with two attached hydrogens (primary N) is 1. The number of fused-ring (bicyclic) bond motifs is 1. The van der Waals surface area contributed by atoms with E-state index < -0.39 is 0 Å². The van der Waals surface area contributed by atoms with Gasteiger partial charge in [-0.3, -0.25) is 4.79 Å². The van der Waals surface area contributed by atoms with Crippen LogP contribution in [0.15, 0.2) is 42.5 Å². The number of thiazole rings is 1. The van der Waals surface area contributed by atoms with E-state index in [0.29, 0.717) is 22.8 Å². The zero-order valence-electron chi connectivity index (χ0n) is 14.2. The molecule has 1 saturated carbocycles. The summed E-state index contributed by atoms with van der Waals surface area (Å²) in [5, 5.41) is 3.69. The van der Waals surface area contributed by atoms with Gasteiger partial charge in [-0.1, -0.05) is 18.6 Å². The number of hydrogen-bond acceptors (Lipinski definition) is 4. The van der Waals surface area contributed by atoms with Gasteiger partial charge in [-0.05, 0) is 55.6 Å². The van der Waals surface area contributed by atoms with Gasteiger partial charge in [0.05, 0.1) is 15.9 Å². The van der Waals surface area contributed by atoms with Crippen LogP contribution < -0.4 is 11.1 Å². The summed E-state index contributed by atoms with van der Waals surface area (Å²) in [7, 11) is 0. The molecule has 6 heteroatoms. The second-order valence-electron chi connectivity index (χ2n) is 6.70. The number of carbonyl (C=O) groups excluding carboxylic acids is 1. The Bertz CT molecular complexity index is 922. The minimum atomic E-state index is -0.349. The molecule has 3 aromatic rings. The van der Waals surface area contributed by atoms with Gasteiger partial charge < -0.3 is 11.1 Å². The van der Waals surface area contributed by atoms with Crippen LogP contribution in [0.1, 0.15) is 19.3 Å². The number of aromatic nitrogens is 1. The van der Waals surface area contributed by atoms with Crippen molar-refractivity contribution in [2.75, 3.05) is 11.9 Å². The van der Waals surface area contributed by atoms with Gasteiger partial charge in [0.25, 0.3) is 0 Å². The van der Waals surface area contributed by atoms with Crippen molar-refractivity contribution >= 4 is 33.1 Å². The number of nitrogens with zero attached hydrogens (tertiary/aromatic N) is 1. The molecule has 1 heterocycles. The third-order valence-electron chi connectivity index (χ3n) is 5.06. The van der Waals surface area contributed by atoms with E-state index in [1.807, 2.05) is 24.3 Å². The SMILES string of the molecule is NC[C@H]1CCC[C@H]1C(=O)Nc1ccc(F)cc1-c1nc2ccccc2s1. The number of benzene rings is 2. The molecule has 0 spiro atoms. The summed E-state index contributed by atoms with van der Waals surface area (Å²) in [6, 6.07) is 12.2. The standard InChI is InChI=1S/C20H20FN3OS/c21-13-8-9-16(23-19(25)14-5-3-4-12(14)11-22)15(10-13)20-24-17-6-1-2-7-18(17)26-20/h1-2,6-10,12,14H,3-5,11,22H2,(H,23,25)/t12-,14-/m1/s1. The molecular weight excluding hydrogens is 349 g/mol. The number of nitrogens with one attached hydrogen (secondary N) is 1. The molecule has 1 aliphatic rings. The second kappa shape index (κ2) is 7.13. The zero-order valence-corrected chi connectivity index (χ0v) is 15.1. The van der Waals surface area contributed by atoms with Gasteiger partial charge in [-0.15, -0.1) is 11.3 Å². The monoisotopic (exact) mass is 369 g/mol. The number of rotatable bonds is 4. The Morgan fingerprint density at radius 2 is 2.12 bits per heavy atom. The molecule has 4 rings (SSSR count). The van der Waals surface area contributed by atoms with E-state index in [1.165, 1.54) is 23.5 Å². The van der Waals surface area contributed by atoms with Crippen molar-refractivity contribution in [1.29, 1.82) is 0 Å². The third kappa shape index (κ3) is 3.22. The number of amides is 1. The number of halogens is 1. The Morgan fingerprint density at radius 1 is 1.27 bits per heavy atom. The molecule has 0 bridgehead atoms. The highest BCUT2D eigenvalue weighted by molar-refractivity contribution is 7.21. The lowest BCUT2D eigenvalue weighted by Crippen LogP contribution is -2.29. The average molecular weight is 369 g/mol. The average Bonchev–Trinajstić information content (AvgIpc) is 3.29. The van der Waals surface area contributed by atoms with Gasteiger partial charge in [0.1, 0.15) is 10.8 Å². The van der Waals surface area contributed by atoms with Crippen LogP contribution in [0.5, 0.6) is 0 Å². The van der Waals surface area contributed by atoms with E-state index in [1.54, 1.807) is 6.07 Å². The Morgan fingerprint density at radius 3 is 2.92 bits per heavy atom. The lowest BCUT2D eigenvalue weighted by molar-refractivity contribution is -0.120. The lowest BCUT2D eigenvalue weighted by atomic mass is 9.95. The normalized spacial score (nSPS) is 19.8. The quantitative estimate of drug-likeness (QED) is 0.715. The molecule has 2 atom stereocenters. The maximum atomic E-state index is 13.9. The Labute approximate surface area is 155 Å². The van der Waals surface area contributed by atoms with Crippen LogP contribution in [0.4, 0.5) is 10.1 Å². The van der Waals surface area contributed by atoms with Crippen molar-refractivity contribution in [1.82, 2.24) is 4.98 Å². The summed E-state index contributed by atoms with van der Waals surface area (Å²) >= 11 is 1.49. The van der Waals surface area contributed by atoms with Crippen LogP contribution in [0, 0.1) is 17.7 Å². The van der Waals surface area contributed by atoms with Crippen LogP contribution in [0.25, 0.3) is 20.8 Å². The highest BCUT2D eigenvalue weighted by Gasteiger charge is 2.32. The summed E-state index contributed by atoms with van der Waals surface area (Å²) in [4.78, 5) is 17.3. The summed E-state index contributed by atoms with van der Waals surface area (Å²) in [6.45, 7) is 0.520. The molecule has 1 fully saturated rings. The highest BCUT2D eigenvalue weighted by Crippen LogP contribution is 2.37. The van der Waals surface area contributed by atoms with Gasteiger partial charge in [0, 0.05) is 11.5 Å². The summed E-state index contributed by atoms with van der Waals surface area (Å²) in [5.74, 6) is -0.237. The van der Waals surface area contributed by atoms with Crippen molar-refractivity contribution in [2.45, 2.75) is 19.3 Å². The Hall–Kier alpha value is -2.31. The van der Waals surface area contributed by atoms with Crippen molar-refractivity contribution in [3.63, 3.8) is 0 Å². The van der Waals surface area contributed by atoms with Crippen molar-refractivity contribution in [3.05, 3.63) is 48.3 Å². The minimum Gasteiger partial charge on any atom is -0.330 e. The minimum absolute atomic E-state index is 0.0353. The van der Waals surface area contributed by atoms with E-state index in [0.717, 1.165) is 29.5 Å². The third-order valence-corrected chi connectivity index (χ3v) is 6.13. The number of para-hydroxylation sites is 1. The molecule has 1 aliphatic carbocycles. The fourth-order valence-corrected chi connectivity index (χ4v) is 4.68. The first-order chi connectivity index (χ1) is 12.7. The van der Waals surface area contributed by atoms with Gasteiger partial charge in [0.15, 0.2) is 0 Å². The molecule has 4 nitrogen and oxygen atoms in total. The molecule has 1 amide bonds. The fourth-order valence-electron chi connectivity index (χ4n) is 3.68. The molecule has 3 N–H and O–H groups in total. The first-order valence-corrected chi connectivity index (χ1v) is 9.64. The van der Waals surface area contributed by atoms with Crippen LogP contribution in [-0.2, 0) is 4.79 Å². The van der Waals surface area contributed by atoms with Gasteiger partial charge in [-0.2, -0.15) is 0 Å². The van der Waals surface area contributed by atoms with Crippen molar-refractivity contribution in [3.8, 4) is 10.6 Å². The van der Waals surface area contributed by atoms with Crippen LogP contribution in [-0.4, -0.2) is 17.4 Å². The lowest BCUT2D eigenvalue weighted by Gasteiger charge is -2.18. The molecular formula is C20H20FN3OS. The first kappa shape index (κ1) is 17.1. The van der Waals surface area contributed by atoms with E-state index >= 15 is 0 Å². The molecule has 0 aliphatic heterocycles. The summed E-state index contributed by atoms with van der Waals surface area (Å²) in [6.07, 6.45) is 2.86. The first-order valence-electron chi connectivity index (χ1n) is 8.82. The molecule has 1 aromatic heterocycles. The maximum Gasteiger partial charge on any atom is 0.227 e. The number of carbonyl (C=O) groups is 1. The van der Waals surface area contributed by atoms with Gasteiger partial charge in [-0.25, -0.2) is 9.37 Å². The van der Waals surface area contributed by atoms with Crippen molar-refractivity contribution in [2.24, 2.45) is 17.6 Å². The molecule has 0 saturated heterocycles. The molecule has 2 aromatic carbocycles. The number of hydrogen-bond donors (Lipinski definition) is 2. The van der Waals surface area contributed by atoms with Crippen LogP contribution in [0.2, 0.25) is 0 Å². The van der Waals surface area contributed by atoms with Crippen molar-refractivity contribution < 1.29 is 9.18 Å². The van der Waals surface area contributed by atoms with E-state index in [2.05, 4.69) is 10.3 Å².